The van der Waals surface area contributed by atoms with Crippen molar-refractivity contribution in [3.63, 3.8) is 0 Å². The van der Waals surface area contributed by atoms with Crippen molar-refractivity contribution in [1.29, 1.82) is 0 Å². The van der Waals surface area contributed by atoms with Gasteiger partial charge in [0.2, 0.25) is 0 Å². The van der Waals surface area contributed by atoms with Gasteiger partial charge in [0.05, 0.1) is 5.92 Å². The molecule has 3 aromatic rings. The summed E-state index contributed by atoms with van der Waals surface area (Å²) in [7, 11) is 0. The third-order valence-corrected chi connectivity index (χ3v) is 7.45. The second-order valence-electron chi connectivity index (χ2n) is 9.83. The molecule has 3 aromatic carbocycles. The van der Waals surface area contributed by atoms with Crippen LogP contribution in [0.1, 0.15) is 65.1 Å². The van der Waals surface area contributed by atoms with Gasteiger partial charge >= 0.3 is 0 Å². The molecule has 0 radical (unpaired) electrons. The number of phenolic OH excluding ortho intramolecular Hbond substituents is 4. The van der Waals surface area contributed by atoms with Gasteiger partial charge in [-0.25, -0.2) is 0 Å². The van der Waals surface area contributed by atoms with E-state index in [9.17, 15) is 25.2 Å². The minimum Gasteiger partial charge on any atom is -0.508 e. The monoisotopic (exact) mass is 489 g/mol. The van der Waals surface area contributed by atoms with E-state index in [0.717, 1.165) is 24.4 Å². The van der Waals surface area contributed by atoms with Crippen LogP contribution in [0.25, 0.3) is 0 Å². The van der Waals surface area contributed by atoms with E-state index in [2.05, 4.69) is 11.8 Å². The summed E-state index contributed by atoms with van der Waals surface area (Å²) >= 11 is 0. The Bertz CT molecular complexity index is 1250. The van der Waals surface area contributed by atoms with Crippen LogP contribution >= 0.6 is 0 Å². The minimum atomic E-state index is -0.793. The molecule has 36 heavy (non-hydrogen) atoms. The van der Waals surface area contributed by atoms with Gasteiger partial charge in [-0.3, -0.25) is 9.69 Å². The average Bonchev–Trinajstić information content (AvgIpc) is 3.13. The number of hydrogen-bond acceptors (Lipinski definition) is 7. The lowest BCUT2D eigenvalue weighted by Crippen LogP contribution is -2.39. The normalized spacial score (nSPS) is 21.9. The van der Waals surface area contributed by atoms with Crippen LogP contribution in [0.4, 0.5) is 0 Å². The molecule has 1 heterocycles. The van der Waals surface area contributed by atoms with Gasteiger partial charge < -0.3 is 25.2 Å². The van der Waals surface area contributed by atoms with Crippen LogP contribution in [0.5, 0.6) is 28.7 Å². The molecule has 1 aliphatic carbocycles. The van der Waals surface area contributed by atoms with Crippen molar-refractivity contribution >= 4 is 5.78 Å². The first kappa shape index (κ1) is 24.0. The Morgan fingerprint density at radius 1 is 0.861 bits per heavy atom. The fourth-order valence-electron chi connectivity index (χ4n) is 5.68. The zero-order valence-electron chi connectivity index (χ0n) is 20.2. The summed E-state index contributed by atoms with van der Waals surface area (Å²) in [5.41, 5.74) is 1.83. The van der Waals surface area contributed by atoms with E-state index in [-0.39, 0.29) is 34.3 Å². The van der Waals surface area contributed by atoms with Gasteiger partial charge in [0.1, 0.15) is 35.4 Å². The number of carbonyl (C=O) groups excluding carboxylic acids is 1. The second-order valence-corrected chi connectivity index (χ2v) is 9.83. The Hall–Kier alpha value is -3.71. The smallest absolute Gasteiger partial charge is 0.171 e. The molecule has 2 aliphatic rings. The van der Waals surface area contributed by atoms with E-state index in [1.54, 1.807) is 0 Å². The zero-order chi connectivity index (χ0) is 25.4. The summed E-state index contributed by atoms with van der Waals surface area (Å²) in [6, 6.07) is 14.7. The molecular formula is C29H31NO6. The highest BCUT2D eigenvalue weighted by atomic mass is 16.5. The quantitative estimate of drug-likeness (QED) is 0.391. The predicted molar refractivity (Wildman–Crippen MR) is 135 cm³/mol. The number of carbonyl (C=O) groups is 1. The number of ether oxygens (including phenoxy) is 1. The van der Waals surface area contributed by atoms with Crippen molar-refractivity contribution < 1.29 is 30.0 Å². The molecule has 5 rings (SSSR count). The van der Waals surface area contributed by atoms with Crippen molar-refractivity contribution in [2.75, 3.05) is 19.7 Å². The standard InChI is InChI=1S/C29H31NO6/c1-17-4-2-3-9-30(17)10-11-36-23-7-5-18(6-8-23)26-27(19-12-20(31)14-21(32)13-19)29(35)24-15-22(33)16-25(34)28(24)26/h5-8,12-17,26-27,31-34H,2-4,9-11H2,1H3. The molecule has 0 saturated carbocycles. The van der Waals surface area contributed by atoms with Crippen LogP contribution < -0.4 is 4.74 Å². The molecule has 0 amide bonds. The molecule has 7 nitrogen and oxygen atoms in total. The van der Waals surface area contributed by atoms with E-state index in [0.29, 0.717) is 23.8 Å². The van der Waals surface area contributed by atoms with Gasteiger partial charge in [0.15, 0.2) is 5.78 Å². The van der Waals surface area contributed by atoms with Crippen molar-refractivity contribution in [2.24, 2.45) is 0 Å². The Labute approximate surface area is 210 Å². The van der Waals surface area contributed by atoms with Crippen molar-refractivity contribution in [3.8, 4) is 28.7 Å². The number of rotatable bonds is 6. The number of aromatic hydroxyl groups is 4. The van der Waals surface area contributed by atoms with E-state index in [4.69, 9.17) is 4.74 Å². The molecule has 188 valence electrons. The van der Waals surface area contributed by atoms with Crippen molar-refractivity contribution in [1.82, 2.24) is 4.90 Å². The van der Waals surface area contributed by atoms with Crippen LogP contribution in [0.15, 0.2) is 54.6 Å². The highest BCUT2D eigenvalue weighted by molar-refractivity contribution is 6.08. The van der Waals surface area contributed by atoms with Gasteiger partial charge in [-0.2, -0.15) is 0 Å². The van der Waals surface area contributed by atoms with Gasteiger partial charge in [0.25, 0.3) is 0 Å². The molecule has 4 N–H and O–H groups in total. The lowest BCUT2D eigenvalue weighted by atomic mass is 9.81. The number of fused-ring (bicyclic) bond motifs is 1. The topological polar surface area (TPSA) is 110 Å². The molecule has 0 aromatic heterocycles. The van der Waals surface area contributed by atoms with Gasteiger partial charge in [0, 0.05) is 41.8 Å². The molecule has 0 spiro atoms. The highest BCUT2D eigenvalue weighted by Gasteiger charge is 2.44. The first-order chi connectivity index (χ1) is 17.3. The van der Waals surface area contributed by atoms with Gasteiger partial charge in [-0.05, 0) is 67.8 Å². The lowest BCUT2D eigenvalue weighted by molar-refractivity contribution is 0.0968. The highest BCUT2D eigenvalue weighted by Crippen LogP contribution is 2.52. The Kier molecular flexibility index (Phi) is 6.49. The van der Waals surface area contributed by atoms with Crippen LogP contribution in [-0.4, -0.2) is 56.8 Å². The molecule has 7 heteroatoms. The number of nitrogens with zero attached hydrogens (tertiary/aromatic N) is 1. The summed E-state index contributed by atoms with van der Waals surface area (Å²) in [4.78, 5) is 15.9. The van der Waals surface area contributed by atoms with E-state index >= 15 is 0 Å². The van der Waals surface area contributed by atoms with Crippen molar-refractivity contribution in [3.05, 3.63) is 76.9 Å². The summed E-state index contributed by atoms with van der Waals surface area (Å²) < 4.78 is 5.99. The first-order valence-electron chi connectivity index (χ1n) is 12.4. The summed E-state index contributed by atoms with van der Waals surface area (Å²) in [5.74, 6) is -1.65. The molecule has 1 saturated heterocycles. The number of Topliss-reactive ketones (excluding diaryl/α,β-unsaturated/α-hetero) is 1. The molecule has 3 atom stereocenters. The van der Waals surface area contributed by atoms with E-state index in [1.165, 1.54) is 49.6 Å². The van der Waals surface area contributed by atoms with Crippen LogP contribution in [0.3, 0.4) is 0 Å². The summed E-state index contributed by atoms with van der Waals surface area (Å²) in [5, 5.41) is 40.8. The maximum atomic E-state index is 13.5. The number of piperidine rings is 1. The summed E-state index contributed by atoms with van der Waals surface area (Å²) in [6.45, 7) is 4.81. The fraction of sp³-hybridized carbons (Fsp3) is 0.345. The Morgan fingerprint density at radius 3 is 2.25 bits per heavy atom. The molecule has 1 aliphatic heterocycles. The fourth-order valence-corrected chi connectivity index (χ4v) is 5.68. The molecule has 1 fully saturated rings. The predicted octanol–water partition coefficient (Wildman–Crippen LogP) is 4.87. The molecule has 0 bridgehead atoms. The minimum absolute atomic E-state index is 0.161. The maximum Gasteiger partial charge on any atom is 0.171 e. The number of hydrogen-bond donors (Lipinski definition) is 4. The number of likely N-dealkylation sites (tertiary alicyclic amines) is 1. The first-order valence-corrected chi connectivity index (χ1v) is 12.4. The Morgan fingerprint density at radius 2 is 1.56 bits per heavy atom. The van der Waals surface area contributed by atoms with Crippen LogP contribution in [-0.2, 0) is 0 Å². The number of phenols is 4. The molecule has 3 unspecified atom stereocenters. The zero-order valence-corrected chi connectivity index (χ0v) is 20.2. The number of ketones is 1. The molecular weight excluding hydrogens is 458 g/mol. The van der Waals surface area contributed by atoms with Crippen LogP contribution in [0.2, 0.25) is 0 Å². The second kappa shape index (κ2) is 9.74. The largest absolute Gasteiger partial charge is 0.508 e. The third-order valence-electron chi connectivity index (χ3n) is 7.45. The maximum absolute atomic E-state index is 13.5. The van der Waals surface area contributed by atoms with E-state index < -0.39 is 11.8 Å². The average molecular weight is 490 g/mol. The third kappa shape index (κ3) is 4.58. The Balaban J connectivity index is 1.43. The van der Waals surface area contributed by atoms with E-state index in [1.807, 2.05) is 24.3 Å². The summed E-state index contributed by atoms with van der Waals surface area (Å²) in [6.07, 6.45) is 3.73. The van der Waals surface area contributed by atoms with Gasteiger partial charge in [-0.15, -0.1) is 0 Å². The van der Waals surface area contributed by atoms with Crippen molar-refractivity contribution in [2.45, 2.75) is 44.1 Å². The number of benzene rings is 3. The van der Waals surface area contributed by atoms with Crippen LogP contribution in [0, 0.1) is 0 Å². The van der Waals surface area contributed by atoms with Gasteiger partial charge in [-0.1, -0.05) is 18.6 Å². The lowest BCUT2D eigenvalue weighted by Gasteiger charge is -2.33. The SMILES string of the molecule is CC1CCCCN1CCOc1ccc(C2c3c(O)cc(O)cc3C(=O)C2c2cc(O)cc(O)c2)cc1.